The predicted octanol–water partition coefficient (Wildman–Crippen LogP) is 2.09. The quantitative estimate of drug-likeness (QED) is 0.901. The van der Waals surface area contributed by atoms with Crippen molar-refractivity contribution in [2.24, 2.45) is 0 Å². The Kier molecular flexibility index (Phi) is 3.95. The van der Waals surface area contributed by atoms with Crippen molar-refractivity contribution in [1.82, 2.24) is 5.32 Å². The topological polar surface area (TPSA) is 38.3 Å². The van der Waals surface area contributed by atoms with Crippen molar-refractivity contribution in [3.8, 4) is 5.75 Å². The molecule has 0 spiro atoms. The Bertz CT molecular complexity index is 339. The van der Waals surface area contributed by atoms with E-state index in [0.717, 1.165) is 15.8 Å². The second kappa shape index (κ2) is 5.00. The van der Waals surface area contributed by atoms with E-state index in [9.17, 15) is 4.79 Å². The number of benzene rings is 1. The SMILES string of the molecule is COc1ccc(Br)cc1CNC(C)=O. The third-order valence-electron chi connectivity index (χ3n) is 1.77. The summed E-state index contributed by atoms with van der Waals surface area (Å²) in [6.45, 7) is 1.97. The first-order chi connectivity index (χ1) is 6.63. The van der Waals surface area contributed by atoms with E-state index in [-0.39, 0.29) is 5.91 Å². The van der Waals surface area contributed by atoms with E-state index in [4.69, 9.17) is 4.74 Å². The zero-order valence-electron chi connectivity index (χ0n) is 8.13. The molecular formula is C10H12BrNO2. The van der Waals surface area contributed by atoms with Gasteiger partial charge in [-0.15, -0.1) is 0 Å². The lowest BCUT2D eigenvalue weighted by atomic mass is 10.2. The third-order valence-corrected chi connectivity index (χ3v) is 2.26. The highest BCUT2D eigenvalue weighted by Gasteiger charge is 2.03. The molecule has 1 N–H and O–H groups in total. The van der Waals surface area contributed by atoms with E-state index >= 15 is 0 Å². The minimum atomic E-state index is -0.0490. The first kappa shape index (κ1) is 11.0. The highest BCUT2D eigenvalue weighted by Crippen LogP contribution is 2.22. The molecule has 0 aromatic heterocycles. The molecule has 1 aromatic rings. The van der Waals surface area contributed by atoms with Gasteiger partial charge in [0.2, 0.25) is 5.91 Å². The van der Waals surface area contributed by atoms with Crippen molar-refractivity contribution in [2.75, 3.05) is 7.11 Å². The number of hydrogen-bond acceptors (Lipinski definition) is 2. The summed E-state index contributed by atoms with van der Waals surface area (Å²) in [5, 5.41) is 2.72. The lowest BCUT2D eigenvalue weighted by Gasteiger charge is -2.08. The van der Waals surface area contributed by atoms with Gasteiger partial charge in [-0.05, 0) is 18.2 Å². The van der Waals surface area contributed by atoms with Gasteiger partial charge in [0, 0.05) is 23.5 Å². The van der Waals surface area contributed by atoms with Crippen LogP contribution < -0.4 is 10.1 Å². The molecule has 3 nitrogen and oxygen atoms in total. The van der Waals surface area contributed by atoms with Crippen LogP contribution in [0.1, 0.15) is 12.5 Å². The number of methoxy groups -OCH3 is 1. The molecule has 0 aliphatic carbocycles. The van der Waals surface area contributed by atoms with Crippen molar-refractivity contribution < 1.29 is 9.53 Å². The van der Waals surface area contributed by atoms with Crippen LogP contribution in [0.2, 0.25) is 0 Å². The second-order valence-electron chi connectivity index (χ2n) is 2.87. The molecule has 1 rings (SSSR count). The Labute approximate surface area is 91.6 Å². The number of rotatable bonds is 3. The fourth-order valence-corrected chi connectivity index (χ4v) is 1.51. The molecule has 14 heavy (non-hydrogen) atoms. The summed E-state index contributed by atoms with van der Waals surface area (Å²) in [5.41, 5.74) is 0.956. The molecule has 0 fully saturated rings. The summed E-state index contributed by atoms with van der Waals surface area (Å²) >= 11 is 3.36. The maximum Gasteiger partial charge on any atom is 0.217 e. The van der Waals surface area contributed by atoms with E-state index in [1.54, 1.807) is 7.11 Å². The third kappa shape index (κ3) is 3.03. The number of nitrogens with one attached hydrogen (secondary N) is 1. The molecule has 4 heteroatoms. The average molecular weight is 258 g/mol. The molecular weight excluding hydrogens is 246 g/mol. The van der Waals surface area contributed by atoms with E-state index in [0.29, 0.717) is 6.54 Å². The van der Waals surface area contributed by atoms with Crippen molar-refractivity contribution in [3.63, 3.8) is 0 Å². The highest BCUT2D eigenvalue weighted by atomic mass is 79.9. The molecule has 76 valence electrons. The van der Waals surface area contributed by atoms with E-state index < -0.39 is 0 Å². The minimum absolute atomic E-state index is 0.0490. The average Bonchev–Trinajstić information content (AvgIpc) is 2.15. The number of hydrogen-bond donors (Lipinski definition) is 1. The number of halogens is 1. The van der Waals surface area contributed by atoms with Crippen LogP contribution in [0.25, 0.3) is 0 Å². The fourth-order valence-electron chi connectivity index (χ4n) is 1.11. The first-order valence-corrected chi connectivity index (χ1v) is 4.99. The van der Waals surface area contributed by atoms with Gasteiger partial charge in [-0.25, -0.2) is 0 Å². The van der Waals surface area contributed by atoms with E-state index in [2.05, 4.69) is 21.2 Å². The summed E-state index contributed by atoms with van der Waals surface area (Å²) in [5.74, 6) is 0.731. The Morgan fingerprint density at radius 2 is 2.29 bits per heavy atom. The number of carbonyl (C=O) groups excluding carboxylic acids is 1. The first-order valence-electron chi connectivity index (χ1n) is 4.20. The normalized spacial score (nSPS) is 9.64. The molecule has 0 heterocycles. The molecule has 0 radical (unpaired) electrons. The molecule has 1 aromatic carbocycles. The standard InChI is InChI=1S/C10H12BrNO2/c1-7(13)12-6-8-5-9(11)3-4-10(8)14-2/h3-5H,6H2,1-2H3,(H,12,13). The second-order valence-corrected chi connectivity index (χ2v) is 3.78. The van der Waals surface area contributed by atoms with Gasteiger partial charge in [0.15, 0.2) is 0 Å². The number of amides is 1. The summed E-state index contributed by atoms with van der Waals surface area (Å²) in [6, 6.07) is 5.69. The van der Waals surface area contributed by atoms with Gasteiger partial charge < -0.3 is 10.1 Å². The van der Waals surface area contributed by atoms with Crippen LogP contribution in [-0.2, 0) is 11.3 Å². The van der Waals surface area contributed by atoms with Crippen molar-refractivity contribution in [3.05, 3.63) is 28.2 Å². The largest absolute Gasteiger partial charge is 0.496 e. The minimum Gasteiger partial charge on any atom is -0.496 e. The monoisotopic (exact) mass is 257 g/mol. The summed E-state index contributed by atoms with van der Waals surface area (Å²) in [6.07, 6.45) is 0. The Morgan fingerprint density at radius 1 is 1.57 bits per heavy atom. The molecule has 1 amide bonds. The fraction of sp³-hybridized carbons (Fsp3) is 0.300. The van der Waals surface area contributed by atoms with Crippen LogP contribution in [-0.4, -0.2) is 13.0 Å². The zero-order valence-corrected chi connectivity index (χ0v) is 9.72. The molecule has 0 aliphatic rings. The Hall–Kier alpha value is -1.03. The zero-order chi connectivity index (χ0) is 10.6. The Morgan fingerprint density at radius 3 is 2.86 bits per heavy atom. The van der Waals surface area contributed by atoms with Crippen LogP contribution >= 0.6 is 15.9 Å². The van der Waals surface area contributed by atoms with Gasteiger partial charge in [0.05, 0.1) is 7.11 Å². The van der Waals surface area contributed by atoms with Crippen molar-refractivity contribution in [1.29, 1.82) is 0 Å². The highest BCUT2D eigenvalue weighted by molar-refractivity contribution is 9.10. The lowest BCUT2D eigenvalue weighted by Crippen LogP contribution is -2.19. The van der Waals surface area contributed by atoms with Crippen molar-refractivity contribution >= 4 is 21.8 Å². The van der Waals surface area contributed by atoms with Crippen LogP contribution in [0.5, 0.6) is 5.75 Å². The smallest absolute Gasteiger partial charge is 0.217 e. The number of carbonyl (C=O) groups is 1. The maximum absolute atomic E-state index is 10.7. The summed E-state index contributed by atoms with van der Waals surface area (Å²) in [4.78, 5) is 10.7. The molecule has 0 aliphatic heterocycles. The van der Waals surface area contributed by atoms with Crippen molar-refractivity contribution in [2.45, 2.75) is 13.5 Å². The molecule has 0 unspecified atom stereocenters. The van der Waals surface area contributed by atoms with E-state index in [1.807, 2.05) is 18.2 Å². The van der Waals surface area contributed by atoms with Gasteiger partial charge in [0.1, 0.15) is 5.75 Å². The molecule has 0 saturated heterocycles. The molecule has 0 bridgehead atoms. The molecule has 0 atom stereocenters. The Balaban J connectivity index is 2.82. The van der Waals surface area contributed by atoms with E-state index in [1.165, 1.54) is 6.92 Å². The lowest BCUT2D eigenvalue weighted by molar-refractivity contribution is -0.119. The predicted molar refractivity (Wildman–Crippen MR) is 58.2 cm³/mol. The molecule has 0 saturated carbocycles. The van der Waals surface area contributed by atoms with Gasteiger partial charge in [0.25, 0.3) is 0 Å². The summed E-state index contributed by atoms with van der Waals surface area (Å²) < 4.78 is 6.13. The van der Waals surface area contributed by atoms with Crippen LogP contribution in [0.15, 0.2) is 22.7 Å². The van der Waals surface area contributed by atoms with Gasteiger partial charge in [-0.2, -0.15) is 0 Å². The van der Waals surface area contributed by atoms with Gasteiger partial charge >= 0.3 is 0 Å². The maximum atomic E-state index is 10.7. The van der Waals surface area contributed by atoms with Crippen LogP contribution in [0, 0.1) is 0 Å². The summed E-state index contributed by atoms with van der Waals surface area (Å²) in [7, 11) is 1.61. The van der Waals surface area contributed by atoms with Crippen LogP contribution in [0.4, 0.5) is 0 Å². The van der Waals surface area contributed by atoms with Gasteiger partial charge in [-0.3, -0.25) is 4.79 Å². The number of ether oxygens (including phenoxy) is 1. The van der Waals surface area contributed by atoms with Crippen LogP contribution in [0.3, 0.4) is 0 Å². The van der Waals surface area contributed by atoms with Gasteiger partial charge in [-0.1, -0.05) is 15.9 Å².